The van der Waals surface area contributed by atoms with Crippen LogP contribution >= 0.6 is 0 Å². The second-order valence-electron chi connectivity index (χ2n) is 3.98. The molecule has 2 rings (SSSR count). The van der Waals surface area contributed by atoms with Crippen molar-refractivity contribution in [3.8, 4) is 0 Å². The lowest BCUT2D eigenvalue weighted by molar-refractivity contribution is -0.138. The molecule has 1 heterocycles. The molecule has 0 aliphatic rings. The maximum Gasteiger partial charge on any atom is 0.322 e. The Morgan fingerprint density at radius 2 is 2.33 bits per heavy atom. The van der Waals surface area contributed by atoms with Crippen LogP contribution in [0.25, 0.3) is 11.1 Å². The average Bonchev–Trinajstić information content (AvgIpc) is 2.68. The lowest BCUT2D eigenvalue weighted by Gasteiger charge is -2.12. The van der Waals surface area contributed by atoms with E-state index in [1.165, 1.54) is 0 Å². The first-order chi connectivity index (χ1) is 8.60. The number of fused-ring (bicyclic) bond motifs is 1. The van der Waals surface area contributed by atoms with E-state index in [2.05, 4.69) is 15.6 Å². The van der Waals surface area contributed by atoms with Gasteiger partial charge in [0.25, 0.3) is 0 Å². The van der Waals surface area contributed by atoms with Crippen molar-refractivity contribution in [2.45, 2.75) is 13.0 Å². The zero-order chi connectivity index (χ0) is 13.1. The number of nitrogens with zero attached hydrogens (tertiary/aromatic N) is 1. The Bertz CT molecular complexity index is 565. The molecule has 1 atom stereocenters. The Morgan fingerprint density at radius 3 is 3.00 bits per heavy atom. The summed E-state index contributed by atoms with van der Waals surface area (Å²) in [7, 11) is 1.61. The van der Waals surface area contributed by atoms with E-state index in [0.29, 0.717) is 18.0 Å². The Balaban J connectivity index is 2.09. The summed E-state index contributed by atoms with van der Waals surface area (Å²) in [4.78, 5) is 15.0. The quantitative estimate of drug-likeness (QED) is 0.738. The summed E-state index contributed by atoms with van der Waals surface area (Å²) in [5, 5.41) is 14.7. The van der Waals surface area contributed by atoms with Crippen LogP contribution in [-0.4, -0.2) is 35.7 Å². The molecule has 1 aromatic heterocycles. The molecule has 0 saturated heterocycles. The van der Waals surface area contributed by atoms with Gasteiger partial charge in [-0.15, -0.1) is 0 Å². The van der Waals surface area contributed by atoms with Crippen molar-refractivity contribution in [3.63, 3.8) is 0 Å². The molecule has 3 N–H and O–H groups in total. The molecule has 0 bridgehead atoms. The van der Waals surface area contributed by atoms with Gasteiger partial charge in [-0.1, -0.05) is 0 Å². The van der Waals surface area contributed by atoms with Crippen LogP contribution in [0.1, 0.15) is 5.89 Å². The van der Waals surface area contributed by atoms with Crippen molar-refractivity contribution >= 4 is 22.8 Å². The van der Waals surface area contributed by atoms with Gasteiger partial charge in [0.2, 0.25) is 0 Å². The number of aliphatic carboxylic acids is 1. The number of nitrogens with one attached hydrogen (secondary N) is 2. The molecule has 0 amide bonds. The number of benzene rings is 1. The highest BCUT2D eigenvalue weighted by molar-refractivity contribution is 5.78. The molecule has 1 unspecified atom stereocenters. The lowest BCUT2D eigenvalue weighted by Crippen LogP contribution is -2.39. The molecule has 0 saturated carbocycles. The maximum atomic E-state index is 10.8. The third-order valence-electron chi connectivity index (χ3n) is 2.65. The normalized spacial score (nSPS) is 12.6. The molecule has 0 aliphatic carbocycles. The molecule has 18 heavy (non-hydrogen) atoms. The SMILES string of the molecule is CNC(CNc1ccc2nc(C)oc2c1)C(=O)O. The summed E-state index contributed by atoms with van der Waals surface area (Å²) in [6, 6.07) is 4.86. The highest BCUT2D eigenvalue weighted by atomic mass is 16.4. The van der Waals surface area contributed by atoms with Gasteiger partial charge >= 0.3 is 5.97 Å². The molecular formula is C12H15N3O3. The summed E-state index contributed by atoms with van der Waals surface area (Å²) < 4.78 is 5.41. The van der Waals surface area contributed by atoms with Crippen LogP contribution in [0, 0.1) is 6.92 Å². The average molecular weight is 249 g/mol. The highest BCUT2D eigenvalue weighted by Crippen LogP contribution is 2.19. The number of hydrogen-bond acceptors (Lipinski definition) is 5. The van der Waals surface area contributed by atoms with Gasteiger partial charge in [0.15, 0.2) is 11.5 Å². The van der Waals surface area contributed by atoms with Crippen molar-refractivity contribution in [3.05, 3.63) is 24.1 Å². The number of anilines is 1. The Hall–Kier alpha value is -2.08. The van der Waals surface area contributed by atoms with E-state index in [-0.39, 0.29) is 0 Å². The summed E-state index contributed by atoms with van der Waals surface area (Å²) in [6.07, 6.45) is 0. The summed E-state index contributed by atoms with van der Waals surface area (Å²) in [5.41, 5.74) is 2.29. The van der Waals surface area contributed by atoms with Crippen LogP contribution in [0.5, 0.6) is 0 Å². The number of hydrogen-bond donors (Lipinski definition) is 3. The summed E-state index contributed by atoms with van der Waals surface area (Å²) in [5.74, 6) is -0.276. The van der Waals surface area contributed by atoms with Crippen molar-refractivity contribution in [2.24, 2.45) is 0 Å². The Labute approximate surface area is 104 Å². The van der Waals surface area contributed by atoms with Crippen LogP contribution in [0.2, 0.25) is 0 Å². The first-order valence-corrected chi connectivity index (χ1v) is 5.61. The molecule has 6 heteroatoms. The second kappa shape index (κ2) is 5.05. The monoisotopic (exact) mass is 249 g/mol. The molecule has 1 aromatic carbocycles. The Morgan fingerprint density at radius 1 is 1.56 bits per heavy atom. The standard InChI is InChI=1S/C12H15N3O3/c1-7-15-9-4-3-8(5-11(9)18-7)14-6-10(13-2)12(16)17/h3-5,10,13-14H,6H2,1-2H3,(H,16,17). The van der Waals surface area contributed by atoms with Crippen LogP contribution in [0.15, 0.2) is 22.6 Å². The molecule has 2 aromatic rings. The summed E-state index contributed by atoms with van der Waals surface area (Å²) >= 11 is 0. The maximum absolute atomic E-state index is 10.8. The van der Waals surface area contributed by atoms with Gasteiger partial charge in [0, 0.05) is 25.2 Å². The topological polar surface area (TPSA) is 87.4 Å². The van der Waals surface area contributed by atoms with Crippen molar-refractivity contribution in [2.75, 3.05) is 18.9 Å². The van der Waals surface area contributed by atoms with Crippen molar-refractivity contribution < 1.29 is 14.3 Å². The smallest absolute Gasteiger partial charge is 0.322 e. The van der Waals surface area contributed by atoms with Gasteiger partial charge in [-0.2, -0.15) is 0 Å². The molecular weight excluding hydrogens is 234 g/mol. The minimum atomic E-state index is -0.887. The van der Waals surface area contributed by atoms with E-state index >= 15 is 0 Å². The molecule has 0 aliphatic heterocycles. The molecule has 0 fully saturated rings. The fraction of sp³-hybridized carbons (Fsp3) is 0.333. The zero-order valence-electron chi connectivity index (χ0n) is 10.2. The van der Waals surface area contributed by atoms with E-state index in [4.69, 9.17) is 9.52 Å². The van der Waals surface area contributed by atoms with E-state index in [0.717, 1.165) is 11.2 Å². The summed E-state index contributed by atoms with van der Waals surface area (Å²) in [6.45, 7) is 2.08. The molecule has 0 radical (unpaired) electrons. The number of oxazole rings is 1. The first kappa shape index (κ1) is 12.4. The fourth-order valence-electron chi connectivity index (χ4n) is 1.68. The van der Waals surface area contributed by atoms with Crippen LogP contribution < -0.4 is 10.6 Å². The molecule has 96 valence electrons. The van der Waals surface area contributed by atoms with Gasteiger partial charge in [-0.25, -0.2) is 4.98 Å². The van der Waals surface area contributed by atoms with Crippen LogP contribution in [0.4, 0.5) is 5.69 Å². The predicted molar refractivity (Wildman–Crippen MR) is 67.7 cm³/mol. The van der Waals surface area contributed by atoms with E-state index in [1.54, 1.807) is 14.0 Å². The third kappa shape index (κ3) is 2.60. The molecule has 0 spiro atoms. The van der Waals surface area contributed by atoms with E-state index in [9.17, 15) is 4.79 Å². The number of carbonyl (C=O) groups is 1. The van der Waals surface area contributed by atoms with Gasteiger partial charge in [-0.05, 0) is 19.2 Å². The number of carboxylic acid groups (broad SMARTS) is 1. The van der Waals surface area contributed by atoms with Gasteiger partial charge < -0.3 is 20.2 Å². The first-order valence-electron chi connectivity index (χ1n) is 5.61. The fourth-order valence-corrected chi connectivity index (χ4v) is 1.68. The number of carboxylic acids is 1. The molecule has 6 nitrogen and oxygen atoms in total. The van der Waals surface area contributed by atoms with Crippen molar-refractivity contribution in [1.82, 2.24) is 10.3 Å². The van der Waals surface area contributed by atoms with E-state index < -0.39 is 12.0 Å². The second-order valence-corrected chi connectivity index (χ2v) is 3.98. The third-order valence-corrected chi connectivity index (χ3v) is 2.65. The number of aromatic nitrogens is 1. The van der Waals surface area contributed by atoms with Gasteiger partial charge in [0.05, 0.1) is 0 Å². The number of likely N-dealkylation sites (N-methyl/N-ethyl adjacent to an activating group) is 1. The minimum absolute atomic E-state index is 0.296. The van der Waals surface area contributed by atoms with Gasteiger partial charge in [-0.3, -0.25) is 4.79 Å². The predicted octanol–water partition coefficient (Wildman–Crippen LogP) is 1.22. The minimum Gasteiger partial charge on any atom is -0.480 e. The van der Waals surface area contributed by atoms with Gasteiger partial charge in [0.1, 0.15) is 11.6 Å². The highest BCUT2D eigenvalue weighted by Gasteiger charge is 2.14. The van der Waals surface area contributed by atoms with Crippen LogP contribution in [-0.2, 0) is 4.79 Å². The Kier molecular flexibility index (Phi) is 3.47. The van der Waals surface area contributed by atoms with Crippen molar-refractivity contribution in [1.29, 1.82) is 0 Å². The zero-order valence-corrected chi connectivity index (χ0v) is 10.2. The van der Waals surface area contributed by atoms with Crippen LogP contribution in [0.3, 0.4) is 0 Å². The van der Waals surface area contributed by atoms with E-state index in [1.807, 2.05) is 18.2 Å². The lowest BCUT2D eigenvalue weighted by atomic mass is 10.2. The number of rotatable bonds is 5. The number of aryl methyl sites for hydroxylation is 1. The largest absolute Gasteiger partial charge is 0.480 e.